The molecule has 26 heavy (non-hydrogen) atoms. The van der Waals surface area contributed by atoms with E-state index in [1.807, 2.05) is 25.1 Å². The molecule has 3 heterocycles. The number of hydrogen-bond acceptors (Lipinski definition) is 5. The molecule has 7 atom stereocenters. The van der Waals surface area contributed by atoms with Gasteiger partial charge in [-0.2, -0.15) is 0 Å². The van der Waals surface area contributed by atoms with Crippen LogP contribution in [-0.2, 0) is 19.7 Å². The normalized spacial score (nSPS) is 46.4. The van der Waals surface area contributed by atoms with E-state index in [1.54, 1.807) is 7.11 Å². The number of carbonyl (C=O) groups excluding carboxylic acids is 1. The molecule has 0 aromatic heterocycles. The van der Waals surface area contributed by atoms with Crippen LogP contribution < -0.4 is 5.32 Å². The fraction of sp³-hybridized carbons (Fsp3) is 0.667. The minimum Gasteiger partial charge on any atom is -0.388 e. The number of rotatable bonds is 2. The Morgan fingerprint density at radius 3 is 2.96 bits per heavy atom. The smallest absolute Gasteiger partial charge is 0.179 e. The predicted octanol–water partition coefficient (Wildman–Crippen LogP) is 1.73. The summed E-state index contributed by atoms with van der Waals surface area (Å²) in [4.78, 5) is 13.6. The third-order valence-electron chi connectivity index (χ3n) is 7.69. The van der Waals surface area contributed by atoms with Gasteiger partial charge in [0.25, 0.3) is 0 Å². The van der Waals surface area contributed by atoms with Gasteiger partial charge in [0.05, 0.1) is 23.7 Å². The van der Waals surface area contributed by atoms with Gasteiger partial charge in [-0.3, -0.25) is 4.79 Å². The van der Waals surface area contributed by atoms with E-state index in [0.717, 1.165) is 30.4 Å². The molecule has 140 valence electrons. The average molecular weight is 357 g/mol. The van der Waals surface area contributed by atoms with Gasteiger partial charge in [-0.25, -0.2) is 0 Å². The Hall–Kier alpha value is -1.27. The van der Waals surface area contributed by atoms with Crippen LogP contribution in [0.15, 0.2) is 24.3 Å². The first-order chi connectivity index (χ1) is 12.5. The highest BCUT2D eigenvalue weighted by atomic mass is 16.5. The number of benzene rings is 1. The maximum Gasteiger partial charge on any atom is 0.179 e. The molecule has 2 aliphatic carbocycles. The molecule has 0 radical (unpaired) electrons. The number of carbonyl (C=O) groups is 1. The monoisotopic (exact) mass is 357 g/mol. The van der Waals surface area contributed by atoms with Gasteiger partial charge in [-0.15, -0.1) is 0 Å². The number of aliphatic hydroxyl groups is 1. The summed E-state index contributed by atoms with van der Waals surface area (Å²) >= 11 is 0. The zero-order chi connectivity index (χ0) is 18.1. The molecular weight excluding hydrogens is 330 g/mol. The highest BCUT2D eigenvalue weighted by molar-refractivity contribution is 6.00. The maximum atomic E-state index is 13.6. The van der Waals surface area contributed by atoms with E-state index in [-0.39, 0.29) is 29.8 Å². The van der Waals surface area contributed by atoms with E-state index in [9.17, 15) is 9.90 Å². The average Bonchev–Trinajstić information content (AvgIpc) is 2.77. The maximum absolute atomic E-state index is 13.6. The number of fused-ring (bicyclic) bond motifs is 2. The van der Waals surface area contributed by atoms with Crippen molar-refractivity contribution in [2.24, 2.45) is 11.8 Å². The zero-order valence-corrected chi connectivity index (χ0v) is 15.4. The van der Waals surface area contributed by atoms with Crippen LogP contribution in [0.1, 0.15) is 43.4 Å². The molecule has 1 saturated carbocycles. The molecule has 3 aliphatic heterocycles. The summed E-state index contributed by atoms with van der Waals surface area (Å²) < 4.78 is 11.9. The van der Waals surface area contributed by atoms with Gasteiger partial charge in [0.1, 0.15) is 6.10 Å². The van der Waals surface area contributed by atoms with Crippen LogP contribution in [0.2, 0.25) is 0 Å². The minimum atomic E-state index is -0.712. The van der Waals surface area contributed by atoms with Gasteiger partial charge >= 0.3 is 0 Å². The van der Waals surface area contributed by atoms with Crippen LogP contribution in [0.5, 0.6) is 0 Å². The van der Waals surface area contributed by atoms with Crippen LogP contribution in [-0.4, -0.2) is 48.9 Å². The Kier molecular flexibility index (Phi) is 3.64. The van der Waals surface area contributed by atoms with Crippen molar-refractivity contribution in [2.45, 2.75) is 55.5 Å². The van der Waals surface area contributed by atoms with E-state index in [1.165, 1.54) is 0 Å². The Morgan fingerprint density at radius 1 is 1.38 bits per heavy atom. The largest absolute Gasteiger partial charge is 0.388 e. The summed E-state index contributed by atoms with van der Waals surface area (Å²) in [5, 5.41) is 14.8. The molecule has 5 aliphatic rings. The second-order valence-electron chi connectivity index (χ2n) is 8.52. The lowest BCUT2D eigenvalue weighted by molar-refractivity contribution is -0.155. The molecule has 1 spiro atoms. The fourth-order valence-corrected chi connectivity index (χ4v) is 6.27. The summed E-state index contributed by atoms with van der Waals surface area (Å²) in [6.07, 6.45) is 1.48. The summed E-state index contributed by atoms with van der Waals surface area (Å²) in [5.41, 5.74) is 0.666. The summed E-state index contributed by atoms with van der Waals surface area (Å²) in [6.45, 7) is 3.26. The summed E-state index contributed by atoms with van der Waals surface area (Å²) in [5.74, 6) is 0.561. The molecule has 0 unspecified atom stereocenters. The fourth-order valence-electron chi connectivity index (χ4n) is 6.27. The van der Waals surface area contributed by atoms with Crippen LogP contribution >= 0.6 is 0 Å². The van der Waals surface area contributed by atoms with Crippen molar-refractivity contribution in [1.29, 1.82) is 0 Å². The Balaban J connectivity index is 1.66. The molecule has 2 N–H and O–H groups in total. The van der Waals surface area contributed by atoms with Gasteiger partial charge in [0, 0.05) is 25.6 Å². The number of piperidine rings is 1. The first-order valence-corrected chi connectivity index (χ1v) is 9.79. The van der Waals surface area contributed by atoms with Crippen molar-refractivity contribution in [2.75, 3.05) is 20.3 Å². The molecule has 4 fully saturated rings. The second-order valence-corrected chi connectivity index (χ2v) is 8.52. The van der Waals surface area contributed by atoms with E-state index >= 15 is 0 Å². The molecule has 1 aromatic rings. The molecule has 6 rings (SSSR count). The molecule has 5 heteroatoms. The van der Waals surface area contributed by atoms with Gasteiger partial charge in [0.15, 0.2) is 5.78 Å². The van der Waals surface area contributed by atoms with Crippen molar-refractivity contribution in [3.8, 4) is 0 Å². The van der Waals surface area contributed by atoms with Crippen LogP contribution in [0.4, 0.5) is 0 Å². The van der Waals surface area contributed by atoms with Gasteiger partial charge < -0.3 is 19.9 Å². The van der Waals surface area contributed by atoms with E-state index in [0.29, 0.717) is 13.2 Å². The molecule has 1 aromatic carbocycles. The lowest BCUT2D eigenvalue weighted by Gasteiger charge is -2.50. The molecule has 0 amide bonds. The Bertz CT molecular complexity index is 751. The van der Waals surface area contributed by atoms with Crippen LogP contribution in [0, 0.1) is 11.8 Å². The second kappa shape index (κ2) is 5.61. The minimum absolute atomic E-state index is 0.126. The van der Waals surface area contributed by atoms with Crippen molar-refractivity contribution >= 4 is 5.78 Å². The highest BCUT2D eigenvalue weighted by Crippen LogP contribution is 2.57. The SMILES string of the molecule is CC[C@]1(O)CN[C@@H]2C[C@@]3(C(=O)[C@@H](OC)c4ccccc43)[C@H]3C[C@H]1[C@H]2CO3. The van der Waals surface area contributed by atoms with Gasteiger partial charge in [-0.1, -0.05) is 31.2 Å². The Morgan fingerprint density at radius 2 is 2.19 bits per heavy atom. The third-order valence-corrected chi connectivity index (χ3v) is 7.69. The van der Waals surface area contributed by atoms with Crippen molar-refractivity contribution in [3.63, 3.8) is 0 Å². The Labute approximate surface area is 154 Å². The lowest BCUT2D eigenvalue weighted by atomic mass is 9.68. The quantitative estimate of drug-likeness (QED) is 0.844. The number of ether oxygens (including phenoxy) is 2. The van der Waals surface area contributed by atoms with Crippen LogP contribution in [0.25, 0.3) is 0 Å². The van der Waals surface area contributed by atoms with Gasteiger partial charge in [-0.05, 0) is 36.3 Å². The van der Waals surface area contributed by atoms with E-state index < -0.39 is 17.1 Å². The van der Waals surface area contributed by atoms with Crippen LogP contribution in [0.3, 0.4) is 0 Å². The first kappa shape index (κ1) is 16.9. The summed E-state index contributed by atoms with van der Waals surface area (Å²) in [7, 11) is 1.61. The van der Waals surface area contributed by atoms with Gasteiger partial charge in [0.2, 0.25) is 0 Å². The highest BCUT2D eigenvalue weighted by Gasteiger charge is 2.65. The predicted molar refractivity (Wildman–Crippen MR) is 95.9 cm³/mol. The molecular formula is C21H27NO4. The standard InChI is InChI=1S/C21H27NO4/c1-3-20(24)11-22-16-9-21(17-8-15(20)13(16)10-26-17)14-7-5-4-6-12(14)18(25-2)19(21)23/h4-7,13,15-18,22,24H,3,8-11H2,1-2H3/t13-,15+,16-,17-,18+,20+,21+/m1/s1. The number of nitrogens with one attached hydrogen (secondary N) is 1. The molecule has 5 nitrogen and oxygen atoms in total. The zero-order valence-electron chi connectivity index (χ0n) is 15.4. The van der Waals surface area contributed by atoms with E-state index in [2.05, 4.69) is 11.4 Å². The molecule has 4 bridgehead atoms. The number of β-amino-alcohol motifs (C(OH)–C–C–N with tert-alkyl or cyclic N) is 1. The number of methoxy groups -OCH3 is 1. The molecule has 3 saturated heterocycles. The summed E-state index contributed by atoms with van der Waals surface area (Å²) in [6, 6.07) is 8.25. The van der Waals surface area contributed by atoms with E-state index in [4.69, 9.17) is 9.47 Å². The number of Topliss-reactive ketones (excluding diaryl/α,β-unsaturated/α-hetero) is 1. The van der Waals surface area contributed by atoms with Crippen molar-refractivity contribution < 1.29 is 19.4 Å². The topological polar surface area (TPSA) is 67.8 Å². The number of ketones is 1. The van der Waals surface area contributed by atoms with Crippen molar-refractivity contribution in [3.05, 3.63) is 35.4 Å². The van der Waals surface area contributed by atoms with Crippen molar-refractivity contribution in [1.82, 2.24) is 5.32 Å². The number of hydrogen-bond donors (Lipinski definition) is 2. The third kappa shape index (κ3) is 1.92. The first-order valence-electron chi connectivity index (χ1n) is 9.79. The lowest BCUT2D eigenvalue weighted by Crippen LogP contribution is -2.62.